The number of carbonyl (C=O) groups excluding carboxylic acids is 1. The van der Waals surface area contributed by atoms with Crippen molar-refractivity contribution in [3.8, 4) is 5.75 Å². The maximum absolute atomic E-state index is 12.1. The van der Waals surface area contributed by atoms with Gasteiger partial charge in [-0.1, -0.05) is 49.1 Å². The molecule has 0 aliphatic rings. The van der Waals surface area contributed by atoms with Crippen molar-refractivity contribution >= 4 is 18.3 Å². The molecule has 0 saturated carbocycles. The minimum Gasteiger partial charge on any atom is -0.473 e. The van der Waals surface area contributed by atoms with E-state index in [2.05, 4.69) is 6.58 Å². The van der Waals surface area contributed by atoms with Crippen LogP contribution >= 0.6 is 0 Å². The molecule has 0 aliphatic carbocycles. The molecule has 1 unspecified atom stereocenters. The molecule has 5 heteroatoms. The van der Waals surface area contributed by atoms with Gasteiger partial charge in [-0.2, -0.15) is 0 Å². The third kappa shape index (κ3) is 8.13. The molecule has 0 heterocycles. The van der Waals surface area contributed by atoms with E-state index < -0.39 is 11.8 Å². The molecular weight excluding hydrogens is 380 g/mol. The minimum absolute atomic E-state index is 0.275. The first-order valence-corrected chi connectivity index (χ1v) is 9.97. The van der Waals surface area contributed by atoms with Crippen LogP contribution in [-0.4, -0.2) is 24.7 Å². The fraction of sp³-hybridized carbons (Fsp3) is 0.320. The SMILES string of the molecule is C=Cc1ccc(OC(=O)OC(C)(C)Cc2ccc(C=COC(C)OCC)cc2)cc1. The van der Waals surface area contributed by atoms with Crippen molar-refractivity contribution in [3.05, 3.63) is 78.1 Å². The fourth-order valence-corrected chi connectivity index (χ4v) is 2.79. The van der Waals surface area contributed by atoms with Gasteiger partial charge in [0.15, 0.2) is 6.29 Å². The Morgan fingerprint density at radius 1 is 1.07 bits per heavy atom. The van der Waals surface area contributed by atoms with E-state index in [1.165, 1.54) is 0 Å². The zero-order chi connectivity index (χ0) is 22.0. The molecule has 0 saturated heterocycles. The Kier molecular flexibility index (Phi) is 8.69. The summed E-state index contributed by atoms with van der Waals surface area (Å²) in [5.74, 6) is 0.429. The predicted molar refractivity (Wildman–Crippen MR) is 119 cm³/mol. The summed E-state index contributed by atoms with van der Waals surface area (Å²) in [6, 6.07) is 15.0. The van der Waals surface area contributed by atoms with Crippen molar-refractivity contribution in [2.45, 2.75) is 46.0 Å². The van der Waals surface area contributed by atoms with Gasteiger partial charge in [0.1, 0.15) is 11.4 Å². The molecule has 5 nitrogen and oxygen atoms in total. The third-order valence-corrected chi connectivity index (χ3v) is 4.22. The maximum Gasteiger partial charge on any atom is 0.514 e. The maximum atomic E-state index is 12.1. The second-order valence-electron chi connectivity index (χ2n) is 7.37. The van der Waals surface area contributed by atoms with E-state index in [1.807, 2.05) is 70.2 Å². The first kappa shape index (κ1) is 23.2. The summed E-state index contributed by atoms with van der Waals surface area (Å²) in [4.78, 5) is 12.1. The number of carbonyl (C=O) groups is 1. The molecular formula is C25H30O5. The Hall–Kier alpha value is -3.05. The third-order valence-electron chi connectivity index (χ3n) is 4.22. The van der Waals surface area contributed by atoms with Crippen molar-refractivity contribution in [1.29, 1.82) is 0 Å². The fourth-order valence-electron chi connectivity index (χ4n) is 2.79. The average molecular weight is 411 g/mol. The Bertz CT molecular complexity index is 835. The van der Waals surface area contributed by atoms with Crippen LogP contribution in [0, 0.1) is 0 Å². The van der Waals surface area contributed by atoms with Gasteiger partial charge in [-0.15, -0.1) is 0 Å². The van der Waals surface area contributed by atoms with Crippen LogP contribution in [0.1, 0.15) is 44.4 Å². The molecule has 0 aromatic heterocycles. The monoisotopic (exact) mass is 410 g/mol. The van der Waals surface area contributed by atoms with Crippen molar-refractivity contribution in [2.75, 3.05) is 6.61 Å². The van der Waals surface area contributed by atoms with Crippen LogP contribution in [0.25, 0.3) is 12.2 Å². The number of ether oxygens (including phenoxy) is 4. The van der Waals surface area contributed by atoms with Gasteiger partial charge in [-0.05, 0) is 62.6 Å². The van der Waals surface area contributed by atoms with Gasteiger partial charge in [-0.25, -0.2) is 4.79 Å². The van der Waals surface area contributed by atoms with Crippen LogP contribution in [0.4, 0.5) is 4.79 Å². The van der Waals surface area contributed by atoms with Gasteiger partial charge in [0.2, 0.25) is 0 Å². The number of rotatable bonds is 10. The zero-order valence-electron chi connectivity index (χ0n) is 18.1. The highest BCUT2D eigenvalue weighted by Crippen LogP contribution is 2.20. The molecule has 2 rings (SSSR count). The summed E-state index contributed by atoms with van der Waals surface area (Å²) in [6.45, 7) is 11.8. The highest BCUT2D eigenvalue weighted by molar-refractivity contribution is 5.64. The molecule has 160 valence electrons. The van der Waals surface area contributed by atoms with Crippen LogP contribution in [-0.2, 0) is 20.6 Å². The van der Waals surface area contributed by atoms with Crippen LogP contribution in [0.3, 0.4) is 0 Å². The summed E-state index contributed by atoms with van der Waals surface area (Å²) in [6.07, 6.45) is 4.77. The van der Waals surface area contributed by atoms with Gasteiger partial charge < -0.3 is 18.9 Å². The van der Waals surface area contributed by atoms with E-state index in [-0.39, 0.29) is 6.29 Å². The molecule has 30 heavy (non-hydrogen) atoms. The second kappa shape index (κ2) is 11.2. The summed E-state index contributed by atoms with van der Waals surface area (Å²) in [7, 11) is 0. The predicted octanol–water partition coefficient (Wildman–Crippen LogP) is 6.24. The minimum atomic E-state index is -0.730. The molecule has 0 aliphatic heterocycles. The highest BCUT2D eigenvalue weighted by Gasteiger charge is 2.24. The summed E-state index contributed by atoms with van der Waals surface area (Å²) in [5, 5.41) is 0. The molecule has 0 bridgehead atoms. The lowest BCUT2D eigenvalue weighted by Gasteiger charge is -2.24. The van der Waals surface area contributed by atoms with E-state index in [0.717, 1.165) is 16.7 Å². The first-order chi connectivity index (χ1) is 14.3. The van der Waals surface area contributed by atoms with E-state index in [4.69, 9.17) is 18.9 Å². The van der Waals surface area contributed by atoms with Crippen molar-refractivity contribution in [1.82, 2.24) is 0 Å². The Labute approximate surface area is 178 Å². The topological polar surface area (TPSA) is 54.0 Å². The smallest absolute Gasteiger partial charge is 0.473 e. The van der Waals surface area contributed by atoms with Crippen molar-refractivity contribution < 1.29 is 23.7 Å². The Balaban J connectivity index is 1.86. The van der Waals surface area contributed by atoms with E-state index in [0.29, 0.717) is 18.8 Å². The standard InChI is InChI=1S/C25H30O5/c1-6-20-12-14-23(15-13-20)29-24(26)30-25(4,5)18-22-10-8-21(9-11-22)16-17-28-19(3)27-7-2/h6,8-17,19H,1,7,18H2,2-5H3. The van der Waals surface area contributed by atoms with Gasteiger partial charge in [-0.3, -0.25) is 0 Å². The van der Waals surface area contributed by atoms with Crippen LogP contribution in [0.15, 0.2) is 61.4 Å². The van der Waals surface area contributed by atoms with Crippen LogP contribution in [0.5, 0.6) is 5.75 Å². The van der Waals surface area contributed by atoms with E-state index in [1.54, 1.807) is 24.5 Å². The van der Waals surface area contributed by atoms with Gasteiger partial charge in [0, 0.05) is 13.0 Å². The van der Waals surface area contributed by atoms with Crippen molar-refractivity contribution in [3.63, 3.8) is 0 Å². The number of hydrogen-bond acceptors (Lipinski definition) is 5. The average Bonchev–Trinajstić information content (AvgIpc) is 2.69. The van der Waals surface area contributed by atoms with Crippen LogP contribution < -0.4 is 4.74 Å². The molecule has 0 amide bonds. The largest absolute Gasteiger partial charge is 0.514 e. The molecule has 2 aromatic rings. The normalized spacial score (nSPS) is 12.4. The molecule has 0 fully saturated rings. The van der Waals surface area contributed by atoms with E-state index in [9.17, 15) is 4.79 Å². The summed E-state index contributed by atoms with van der Waals surface area (Å²) < 4.78 is 21.5. The molecule has 0 N–H and O–H groups in total. The Morgan fingerprint density at radius 2 is 1.70 bits per heavy atom. The number of hydrogen-bond donors (Lipinski definition) is 0. The first-order valence-electron chi connectivity index (χ1n) is 9.97. The summed E-state index contributed by atoms with van der Waals surface area (Å²) in [5.41, 5.74) is 2.28. The lowest BCUT2D eigenvalue weighted by molar-refractivity contribution is -0.0874. The number of benzene rings is 2. The Morgan fingerprint density at radius 3 is 2.30 bits per heavy atom. The molecule has 0 spiro atoms. The van der Waals surface area contributed by atoms with Crippen molar-refractivity contribution in [2.24, 2.45) is 0 Å². The molecule has 2 aromatic carbocycles. The van der Waals surface area contributed by atoms with Gasteiger partial charge in [0.05, 0.1) is 6.26 Å². The lowest BCUT2D eigenvalue weighted by Crippen LogP contribution is -2.32. The molecule has 1 atom stereocenters. The lowest BCUT2D eigenvalue weighted by atomic mass is 9.97. The zero-order valence-corrected chi connectivity index (χ0v) is 18.1. The molecule has 0 radical (unpaired) electrons. The van der Waals surface area contributed by atoms with Crippen LogP contribution in [0.2, 0.25) is 0 Å². The highest BCUT2D eigenvalue weighted by atomic mass is 16.7. The van der Waals surface area contributed by atoms with Gasteiger partial charge >= 0.3 is 6.16 Å². The van der Waals surface area contributed by atoms with E-state index >= 15 is 0 Å². The summed E-state index contributed by atoms with van der Waals surface area (Å²) >= 11 is 0. The quantitative estimate of drug-likeness (QED) is 0.201. The van der Waals surface area contributed by atoms with Gasteiger partial charge in [0.25, 0.3) is 0 Å². The second-order valence-corrected chi connectivity index (χ2v) is 7.37.